The second-order valence-corrected chi connectivity index (χ2v) is 2.03. The molecule has 0 heterocycles. The van der Waals surface area contributed by atoms with Crippen molar-refractivity contribution in [3.63, 3.8) is 0 Å². The van der Waals surface area contributed by atoms with Gasteiger partial charge in [-0.1, -0.05) is 13.8 Å². The lowest BCUT2D eigenvalue weighted by Crippen LogP contribution is -1.80. The summed E-state index contributed by atoms with van der Waals surface area (Å²) < 4.78 is 4.96. The predicted octanol–water partition coefficient (Wildman–Crippen LogP) is 2.19. The summed E-state index contributed by atoms with van der Waals surface area (Å²) in [6.07, 6.45) is 3.79. The molecule has 0 aliphatic heterocycles. The summed E-state index contributed by atoms with van der Waals surface area (Å²) in [6.45, 7) is 6.99. The van der Waals surface area contributed by atoms with Crippen molar-refractivity contribution < 1.29 is 4.74 Å². The van der Waals surface area contributed by atoms with Crippen molar-refractivity contribution in [3.8, 4) is 0 Å². The van der Waals surface area contributed by atoms with Crippen LogP contribution in [-0.2, 0) is 4.74 Å². The van der Waals surface area contributed by atoms with Gasteiger partial charge in [0.05, 0.1) is 12.9 Å². The number of hydrogen-bond donors (Lipinski definition) is 0. The molecule has 0 saturated carbocycles. The fourth-order valence-corrected chi connectivity index (χ4v) is 0.309. The average Bonchev–Trinajstić information content (AvgIpc) is 1.66. The minimum atomic E-state index is 0.599. The third-order valence-electron chi connectivity index (χ3n) is 0.726. The molecule has 0 unspecified atom stereocenters. The van der Waals surface area contributed by atoms with Crippen molar-refractivity contribution in [1.29, 1.82) is 0 Å². The minimum Gasteiger partial charge on any atom is -0.502 e. The summed E-state index contributed by atoms with van der Waals surface area (Å²) in [4.78, 5) is 0. The molecule has 0 aromatic carbocycles. The Morgan fingerprint density at radius 3 is 2.50 bits per heavy atom. The molecular formula is C7H14O. The number of rotatable bonds is 3. The molecule has 1 heteroatoms. The van der Waals surface area contributed by atoms with Gasteiger partial charge in [-0.2, -0.15) is 0 Å². The van der Waals surface area contributed by atoms with Gasteiger partial charge in [0.2, 0.25) is 0 Å². The molecule has 8 heavy (non-hydrogen) atoms. The maximum atomic E-state index is 4.96. The molecule has 48 valence electrons. The summed E-state index contributed by atoms with van der Waals surface area (Å²) >= 11 is 0. The quantitative estimate of drug-likeness (QED) is 0.511. The van der Waals surface area contributed by atoms with E-state index in [4.69, 9.17) is 4.74 Å². The van der Waals surface area contributed by atoms with Gasteiger partial charge in [-0.05, 0) is 18.9 Å². The molecule has 0 aromatic heterocycles. The Balaban J connectivity index is 3.07. The zero-order chi connectivity index (χ0) is 6.41. The lowest BCUT2D eigenvalue weighted by molar-refractivity contribution is 0.267. The lowest BCUT2D eigenvalue weighted by atomic mass is 10.2. The Morgan fingerprint density at radius 1 is 1.50 bits per heavy atom. The highest BCUT2D eigenvalue weighted by molar-refractivity contribution is 4.76. The first-order valence-electron chi connectivity index (χ1n) is 3.05. The highest BCUT2D eigenvalue weighted by Crippen LogP contribution is 1.92. The van der Waals surface area contributed by atoms with Gasteiger partial charge in [-0.25, -0.2) is 0 Å². The van der Waals surface area contributed by atoms with Crippen molar-refractivity contribution in [2.45, 2.75) is 20.8 Å². The van der Waals surface area contributed by atoms with E-state index in [0.717, 1.165) is 6.61 Å². The van der Waals surface area contributed by atoms with E-state index in [-0.39, 0.29) is 0 Å². The second-order valence-electron chi connectivity index (χ2n) is 2.03. The minimum absolute atomic E-state index is 0.599. The Hall–Kier alpha value is -0.460. The van der Waals surface area contributed by atoms with Crippen LogP contribution in [0.15, 0.2) is 12.3 Å². The molecule has 0 rings (SSSR count). The lowest BCUT2D eigenvalue weighted by Gasteiger charge is -1.94. The zero-order valence-corrected chi connectivity index (χ0v) is 5.85. The van der Waals surface area contributed by atoms with E-state index in [1.54, 1.807) is 6.26 Å². The molecule has 0 aromatic rings. The van der Waals surface area contributed by atoms with Crippen LogP contribution in [0.3, 0.4) is 0 Å². The first-order chi connectivity index (χ1) is 3.77. The molecule has 0 spiro atoms. The van der Waals surface area contributed by atoms with Crippen molar-refractivity contribution >= 4 is 0 Å². The average molecular weight is 114 g/mol. The van der Waals surface area contributed by atoms with Crippen LogP contribution in [0.5, 0.6) is 0 Å². The fourth-order valence-electron chi connectivity index (χ4n) is 0.309. The van der Waals surface area contributed by atoms with Crippen LogP contribution in [0.1, 0.15) is 20.8 Å². The topological polar surface area (TPSA) is 9.23 Å². The highest BCUT2D eigenvalue weighted by Gasteiger charge is 1.80. The van der Waals surface area contributed by atoms with Gasteiger partial charge in [0.1, 0.15) is 0 Å². The van der Waals surface area contributed by atoms with Crippen molar-refractivity contribution in [2.24, 2.45) is 5.92 Å². The molecule has 0 radical (unpaired) electrons. The van der Waals surface area contributed by atoms with Gasteiger partial charge in [-0.15, -0.1) is 0 Å². The van der Waals surface area contributed by atoms with Crippen LogP contribution in [0.2, 0.25) is 0 Å². The molecule has 0 atom stereocenters. The molecule has 0 N–H and O–H groups in total. The van der Waals surface area contributed by atoms with Crippen LogP contribution in [0.25, 0.3) is 0 Å². The van der Waals surface area contributed by atoms with Crippen molar-refractivity contribution in [2.75, 3.05) is 6.61 Å². The van der Waals surface area contributed by atoms with Crippen LogP contribution in [0, 0.1) is 5.92 Å². The Morgan fingerprint density at radius 2 is 2.12 bits per heavy atom. The SMILES string of the molecule is CCOC=CC(C)C. The third kappa shape index (κ3) is 5.54. The maximum absolute atomic E-state index is 4.96. The van der Waals surface area contributed by atoms with Crippen LogP contribution >= 0.6 is 0 Å². The van der Waals surface area contributed by atoms with E-state index in [1.165, 1.54) is 0 Å². The zero-order valence-electron chi connectivity index (χ0n) is 5.85. The smallest absolute Gasteiger partial charge is 0.0845 e. The first-order valence-corrected chi connectivity index (χ1v) is 3.05. The maximum Gasteiger partial charge on any atom is 0.0845 e. The van der Waals surface area contributed by atoms with Gasteiger partial charge in [0.25, 0.3) is 0 Å². The van der Waals surface area contributed by atoms with E-state index in [1.807, 2.05) is 13.0 Å². The first kappa shape index (κ1) is 7.54. The van der Waals surface area contributed by atoms with E-state index in [9.17, 15) is 0 Å². The predicted molar refractivity (Wildman–Crippen MR) is 35.6 cm³/mol. The molecule has 1 nitrogen and oxygen atoms in total. The van der Waals surface area contributed by atoms with Crippen LogP contribution in [-0.4, -0.2) is 6.61 Å². The summed E-state index contributed by atoms with van der Waals surface area (Å²) in [6, 6.07) is 0. The summed E-state index contributed by atoms with van der Waals surface area (Å²) in [5, 5.41) is 0. The van der Waals surface area contributed by atoms with E-state index in [0.29, 0.717) is 5.92 Å². The molecule has 0 aliphatic carbocycles. The third-order valence-corrected chi connectivity index (χ3v) is 0.726. The number of allylic oxidation sites excluding steroid dienone is 1. The second kappa shape index (κ2) is 4.69. The van der Waals surface area contributed by atoms with Gasteiger partial charge in [-0.3, -0.25) is 0 Å². The van der Waals surface area contributed by atoms with Gasteiger partial charge >= 0.3 is 0 Å². The van der Waals surface area contributed by atoms with Gasteiger partial charge < -0.3 is 4.74 Å². The normalized spacial score (nSPS) is 11.0. The summed E-state index contributed by atoms with van der Waals surface area (Å²) in [5.41, 5.74) is 0. The van der Waals surface area contributed by atoms with Gasteiger partial charge in [0, 0.05) is 0 Å². The molecule has 0 bridgehead atoms. The van der Waals surface area contributed by atoms with Crippen molar-refractivity contribution in [3.05, 3.63) is 12.3 Å². The number of hydrogen-bond acceptors (Lipinski definition) is 1. The highest BCUT2D eigenvalue weighted by atomic mass is 16.5. The summed E-state index contributed by atoms with van der Waals surface area (Å²) in [7, 11) is 0. The molecule has 0 fully saturated rings. The molecule has 0 saturated heterocycles. The monoisotopic (exact) mass is 114 g/mol. The summed E-state index contributed by atoms with van der Waals surface area (Å²) in [5.74, 6) is 0.599. The Labute approximate surface area is 51.4 Å². The number of ether oxygens (including phenoxy) is 1. The van der Waals surface area contributed by atoms with Crippen molar-refractivity contribution in [1.82, 2.24) is 0 Å². The molecular weight excluding hydrogens is 100 g/mol. The fraction of sp³-hybridized carbons (Fsp3) is 0.714. The van der Waals surface area contributed by atoms with Crippen LogP contribution in [0.4, 0.5) is 0 Å². The Bertz CT molecular complexity index is 64.8. The van der Waals surface area contributed by atoms with E-state index < -0.39 is 0 Å². The molecule has 0 aliphatic rings. The Kier molecular flexibility index (Phi) is 4.42. The van der Waals surface area contributed by atoms with Gasteiger partial charge in [0.15, 0.2) is 0 Å². The largest absolute Gasteiger partial charge is 0.502 e. The molecule has 0 amide bonds. The standard InChI is InChI=1S/C7H14O/c1-4-8-6-5-7(2)3/h5-7H,4H2,1-3H3. The van der Waals surface area contributed by atoms with E-state index in [2.05, 4.69) is 13.8 Å². The van der Waals surface area contributed by atoms with Crippen LogP contribution < -0.4 is 0 Å². The van der Waals surface area contributed by atoms with E-state index >= 15 is 0 Å².